The van der Waals surface area contributed by atoms with Gasteiger partial charge in [0.1, 0.15) is 6.10 Å². The molecule has 4 aromatic carbocycles. The average Bonchev–Trinajstić information content (AvgIpc) is 3.59. The van der Waals surface area contributed by atoms with Gasteiger partial charge in [-0.05, 0) is 73.1 Å². The molecule has 0 spiro atoms. The SMILES string of the molecule is C=CC(=O)OC1CCC2CC(c3cccc4c3sc3ccccc34)CCC2C1c1cccc2c1sc1ccccc12. The van der Waals surface area contributed by atoms with Crippen LogP contribution in [0.4, 0.5) is 0 Å². The number of hydrogen-bond donors (Lipinski definition) is 0. The summed E-state index contributed by atoms with van der Waals surface area (Å²) in [6.45, 7) is 3.70. The lowest BCUT2D eigenvalue weighted by Crippen LogP contribution is -2.41. The number of rotatable bonds is 4. The zero-order valence-electron chi connectivity index (χ0n) is 22.9. The van der Waals surface area contributed by atoms with Crippen LogP contribution in [-0.4, -0.2) is 12.1 Å². The minimum Gasteiger partial charge on any atom is -0.459 e. The van der Waals surface area contributed by atoms with Gasteiger partial charge in [0.05, 0.1) is 0 Å². The zero-order chi connectivity index (χ0) is 27.5. The third kappa shape index (κ3) is 4.14. The van der Waals surface area contributed by atoms with Crippen LogP contribution in [0, 0.1) is 11.8 Å². The van der Waals surface area contributed by atoms with E-state index in [-0.39, 0.29) is 18.0 Å². The Balaban J connectivity index is 1.18. The molecule has 0 aliphatic heterocycles. The number of hydrogen-bond acceptors (Lipinski definition) is 4. The van der Waals surface area contributed by atoms with E-state index >= 15 is 0 Å². The summed E-state index contributed by atoms with van der Waals surface area (Å²) >= 11 is 3.85. The molecule has 2 aromatic heterocycles. The minimum atomic E-state index is -0.299. The van der Waals surface area contributed by atoms with Gasteiger partial charge in [-0.2, -0.15) is 0 Å². The number of benzene rings is 4. The fourth-order valence-electron chi connectivity index (χ4n) is 8.09. The summed E-state index contributed by atoms with van der Waals surface area (Å²) in [5, 5.41) is 5.43. The van der Waals surface area contributed by atoms with Gasteiger partial charge in [0.15, 0.2) is 0 Å². The number of carbonyl (C=O) groups excluding carboxylic acids is 1. The van der Waals surface area contributed by atoms with Crippen molar-refractivity contribution in [3.8, 4) is 0 Å². The Morgan fingerprint density at radius 2 is 1.32 bits per heavy atom. The smallest absolute Gasteiger partial charge is 0.330 e. The number of fused-ring (bicyclic) bond motifs is 7. The fourth-order valence-corrected chi connectivity index (χ4v) is 10.6. The predicted molar refractivity (Wildman–Crippen MR) is 174 cm³/mol. The monoisotopic (exact) mass is 572 g/mol. The van der Waals surface area contributed by atoms with Crippen LogP contribution >= 0.6 is 22.7 Å². The first kappa shape index (κ1) is 25.3. The van der Waals surface area contributed by atoms with Crippen molar-refractivity contribution in [2.45, 2.75) is 50.0 Å². The zero-order valence-corrected chi connectivity index (χ0v) is 24.6. The van der Waals surface area contributed by atoms with Gasteiger partial charge < -0.3 is 4.74 Å². The molecular weight excluding hydrogens is 541 g/mol. The predicted octanol–water partition coefficient (Wildman–Crippen LogP) is 10.6. The van der Waals surface area contributed by atoms with E-state index in [1.165, 1.54) is 70.4 Å². The second-order valence-electron chi connectivity index (χ2n) is 11.9. The molecule has 0 radical (unpaired) electrons. The van der Waals surface area contributed by atoms with Crippen molar-refractivity contribution >= 4 is 69.0 Å². The van der Waals surface area contributed by atoms with Crippen molar-refractivity contribution in [2.24, 2.45) is 11.8 Å². The van der Waals surface area contributed by atoms with Crippen molar-refractivity contribution in [2.75, 3.05) is 0 Å². The molecule has 2 heterocycles. The molecule has 0 saturated heterocycles. The molecule has 2 fully saturated rings. The summed E-state index contributed by atoms with van der Waals surface area (Å²) in [5.74, 6) is 1.59. The van der Waals surface area contributed by atoms with Gasteiger partial charge in [-0.1, -0.05) is 79.4 Å². The van der Waals surface area contributed by atoms with Gasteiger partial charge in [0.2, 0.25) is 0 Å². The molecule has 2 saturated carbocycles. The lowest BCUT2D eigenvalue weighted by atomic mass is 9.59. The second-order valence-corrected chi connectivity index (χ2v) is 14.0. The minimum absolute atomic E-state index is 0.111. The van der Waals surface area contributed by atoms with Crippen LogP contribution < -0.4 is 0 Å². The van der Waals surface area contributed by atoms with Crippen LogP contribution in [0.3, 0.4) is 0 Å². The highest BCUT2D eigenvalue weighted by molar-refractivity contribution is 7.26. The molecule has 5 unspecified atom stereocenters. The van der Waals surface area contributed by atoms with E-state index in [9.17, 15) is 4.79 Å². The van der Waals surface area contributed by atoms with Crippen LogP contribution in [-0.2, 0) is 9.53 Å². The normalized spacial score (nSPS) is 24.5. The van der Waals surface area contributed by atoms with Crippen molar-refractivity contribution in [1.82, 2.24) is 0 Å². The summed E-state index contributed by atoms with van der Waals surface area (Å²) in [6, 6.07) is 31.3. The molecule has 8 rings (SSSR count). The topological polar surface area (TPSA) is 26.3 Å². The highest BCUT2D eigenvalue weighted by atomic mass is 32.1. The third-order valence-electron chi connectivity index (χ3n) is 9.83. The highest BCUT2D eigenvalue weighted by Gasteiger charge is 2.45. The summed E-state index contributed by atoms with van der Waals surface area (Å²) in [4.78, 5) is 12.5. The van der Waals surface area contributed by atoms with E-state index in [1.807, 2.05) is 22.7 Å². The van der Waals surface area contributed by atoms with Gasteiger partial charge in [0, 0.05) is 52.3 Å². The first-order valence-corrected chi connectivity index (χ1v) is 16.5. The van der Waals surface area contributed by atoms with Crippen molar-refractivity contribution in [1.29, 1.82) is 0 Å². The van der Waals surface area contributed by atoms with Gasteiger partial charge in [-0.3, -0.25) is 0 Å². The number of esters is 1. The maximum Gasteiger partial charge on any atom is 0.330 e. The molecule has 204 valence electrons. The highest BCUT2D eigenvalue weighted by Crippen LogP contribution is 2.55. The summed E-state index contributed by atoms with van der Waals surface area (Å²) in [7, 11) is 0. The van der Waals surface area contributed by atoms with E-state index in [4.69, 9.17) is 4.74 Å². The van der Waals surface area contributed by atoms with Gasteiger partial charge in [-0.15, -0.1) is 22.7 Å². The van der Waals surface area contributed by atoms with E-state index in [2.05, 4.69) is 91.5 Å². The Morgan fingerprint density at radius 3 is 2.00 bits per heavy atom. The van der Waals surface area contributed by atoms with Gasteiger partial charge >= 0.3 is 5.97 Å². The fraction of sp³-hybridized carbons (Fsp3) is 0.270. The lowest BCUT2D eigenvalue weighted by Gasteiger charge is -2.47. The van der Waals surface area contributed by atoms with E-state index in [0.717, 1.165) is 19.3 Å². The summed E-state index contributed by atoms with van der Waals surface area (Å²) in [5.41, 5.74) is 2.90. The first-order valence-electron chi connectivity index (χ1n) is 14.8. The number of carbonyl (C=O) groups is 1. The quantitative estimate of drug-likeness (QED) is 0.155. The molecule has 2 nitrogen and oxygen atoms in total. The van der Waals surface area contributed by atoms with Crippen molar-refractivity contribution in [3.05, 3.63) is 109 Å². The van der Waals surface area contributed by atoms with E-state index < -0.39 is 0 Å². The van der Waals surface area contributed by atoms with Crippen LogP contribution in [0.25, 0.3) is 40.3 Å². The Bertz CT molecular complexity index is 1940. The van der Waals surface area contributed by atoms with Crippen molar-refractivity contribution in [3.63, 3.8) is 0 Å². The van der Waals surface area contributed by atoms with Crippen LogP contribution in [0.1, 0.15) is 55.1 Å². The van der Waals surface area contributed by atoms with Crippen molar-refractivity contribution < 1.29 is 9.53 Å². The maximum absolute atomic E-state index is 12.5. The van der Waals surface area contributed by atoms with E-state index in [1.54, 1.807) is 0 Å². The summed E-state index contributed by atoms with van der Waals surface area (Å²) < 4.78 is 11.7. The average molecular weight is 573 g/mol. The van der Waals surface area contributed by atoms with Crippen LogP contribution in [0.2, 0.25) is 0 Å². The Morgan fingerprint density at radius 1 is 0.707 bits per heavy atom. The Kier molecular flexibility index (Phi) is 6.23. The summed E-state index contributed by atoms with van der Waals surface area (Å²) in [6.07, 6.45) is 6.77. The standard InChI is InChI=1S/C37H32O2S2/c1-2-34(38)39-31-20-18-22-21-23(25-11-7-12-28-26-9-3-5-15-32(26)40-36(25)28)17-19-24(22)35(31)30-14-8-13-29-27-10-4-6-16-33(27)41-37(29)30/h2-16,22-24,31,35H,1,17-21H2. The number of thiophene rings is 2. The molecule has 0 N–H and O–H groups in total. The Labute approximate surface area is 248 Å². The van der Waals surface area contributed by atoms with Gasteiger partial charge in [-0.25, -0.2) is 4.79 Å². The molecule has 41 heavy (non-hydrogen) atoms. The molecule has 5 atom stereocenters. The second kappa shape index (κ2) is 10.1. The molecular formula is C37H32O2S2. The molecule has 4 heteroatoms. The number of ether oxygens (including phenoxy) is 1. The molecule has 0 amide bonds. The van der Waals surface area contributed by atoms with E-state index in [0.29, 0.717) is 17.8 Å². The molecule has 2 aliphatic rings. The van der Waals surface area contributed by atoms with Crippen LogP contribution in [0.15, 0.2) is 97.6 Å². The van der Waals surface area contributed by atoms with Gasteiger partial charge in [0.25, 0.3) is 0 Å². The van der Waals surface area contributed by atoms with Crippen LogP contribution in [0.5, 0.6) is 0 Å². The molecule has 2 aliphatic carbocycles. The molecule has 0 bridgehead atoms. The lowest BCUT2D eigenvalue weighted by molar-refractivity contribution is -0.148. The Hall–Kier alpha value is -3.47. The third-order valence-corrected chi connectivity index (χ3v) is 12.3. The molecule has 6 aromatic rings. The first-order chi connectivity index (χ1) is 20.2. The maximum atomic E-state index is 12.5. The largest absolute Gasteiger partial charge is 0.459 e.